The molecule has 0 bridgehead atoms. The van der Waals surface area contributed by atoms with E-state index in [0.717, 1.165) is 32.1 Å². The minimum absolute atomic E-state index is 0.0231. The first-order valence-corrected chi connectivity index (χ1v) is 26.2. The van der Waals surface area contributed by atoms with E-state index in [0.29, 0.717) is 13.0 Å². The molecular formula is C48H94NO9P. The number of phosphoric ester groups is 1. The summed E-state index contributed by atoms with van der Waals surface area (Å²) in [6.45, 7) is 3.93. The Morgan fingerprint density at radius 3 is 1.29 bits per heavy atom. The average molecular weight is 860 g/mol. The van der Waals surface area contributed by atoms with E-state index in [1.165, 1.54) is 186 Å². The molecule has 10 nitrogen and oxygen atoms in total. The summed E-state index contributed by atoms with van der Waals surface area (Å²) >= 11 is 0. The van der Waals surface area contributed by atoms with Gasteiger partial charge in [-0.15, -0.1) is 0 Å². The van der Waals surface area contributed by atoms with Gasteiger partial charge in [0.1, 0.15) is 12.1 Å². The molecule has 0 heterocycles. The van der Waals surface area contributed by atoms with Crippen molar-refractivity contribution in [3.63, 3.8) is 0 Å². The largest absolute Gasteiger partial charge is 0.480 e. The summed E-state index contributed by atoms with van der Waals surface area (Å²) in [4.78, 5) is 33.6. The molecule has 0 aromatic rings. The van der Waals surface area contributed by atoms with Crippen molar-refractivity contribution in [1.29, 1.82) is 0 Å². The Hall–Kier alpha value is -1.29. The molecule has 0 aliphatic heterocycles. The number of hydrogen-bond acceptors (Lipinski definition) is 8. The van der Waals surface area contributed by atoms with Crippen LogP contribution in [0.25, 0.3) is 0 Å². The maximum atomic E-state index is 12.7. The van der Waals surface area contributed by atoms with E-state index in [1.807, 2.05) is 0 Å². The van der Waals surface area contributed by atoms with Crippen molar-refractivity contribution in [1.82, 2.24) is 0 Å². The van der Waals surface area contributed by atoms with E-state index in [4.69, 9.17) is 29.4 Å². The molecule has 0 saturated heterocycles. The Bertz CT molecular complexity index is 998. The standard InChI is InChI=1S/C48H94NO9P/c1-3-5-7-9-11-13-15-17-19-20-21-22-23-24-25-26-27-28-30-32-34-36-38-40-47(50)58-45(43-56-59(53,54)57-44-46(49)48(51)52)42-55-41-39-37-35-33-31-29-18-16-14-12-10-8-6-4-2/h20-21,45-46H,3-19,22-44,49H2,1-2H3,(H,51,52)(H,53,54)/b21-20-. The smallest absolute Gasteiger partial charge is 0.472 e. The topological polar surface area (TPSA) is 155 Å². The Morgan fingerprint density at radius 2 is 0.881 bits per heavy atom. The highest BCUT2D eigenvalue weighted by Gasteiger charge is 2.27. The van der Waals surface area contributed by atoms with Crippen molar-refractivity contribution in [3.05, 3.63) is 12.2 Å². The molecule has 0 saturated carbocycles. The van der Waals surface area contributed by atoms with Gasteiger partial charge in [-0.3, -0.25) is 18.6 Å². The number of ether oxygens (including phenoxy) is 2. The van der Waals surface area contributed by atoms with Gasteiger partial charge in [0.05, 0.1) is 19.8 Å². The summed E-state index contributed by atoms with van der Waals surface area (Å²) in [6, 6.07) is -1.47. The number of carbonyl (C=O) groups excluding carboxylic acids is 1. The molecule has 0 spiro atoms. The minimum Gasteiger partial charge on any atom is -0.480 e. The fourth-order valence-corrected chi connectivity index (χ4v) is 7.97. The number of hydrogen-bond donors (Lipinski definition) is 3. The molecule has 3 atom stereocenters. The van der Waals surface area contributed by atoms with Gasteiger partial charge in [-0.1, -0.05) is 212 Å². The second kappa shape index (κ2) is 44.8. The third kappa shape index (κ3) is 44.6. The molecule has 0 rings (SSSR count). The second-order valence-electron chi connectivity index (χ2n) is 17.0. The van der Waals surface area contributed by atoms with E-state index in [9.17, 15) is 19.0 Å². The molecule has 0 radical (unpaired) electrons. The van der Waals surface area contributed by atoms with Crippen molar-refractivity contribution in [2.45, 2.75) is 257 Å². The van der Waals surface area contributed by atoms with E-state index in [2.05, 4.69) is 26.0 Å². The third-order valence-electron chi connectivity index (χ3n) is 11.0. The van der Waals surface area contributed by atoms with E-state index >= 15 is 0 Å². The predicted octanol–water partition coefficient (Wildman–Crippen LogP) is 14.1. The van der Waals surface area contributed by atoms with Crippen LogP contribution in [0.1, 0.15) is 245 Å². The Morgan fingerprint density at radius 1 is 0.525 bits per heavy atom. The van der Waals surface area contributed by atoms with E-state index in [-0.39, 0.29) is 13.0 Å². The number of nitrogens with two attached hydrogens (primary N) is 1. The summed E-state index contributed by atoms with van der Waals surface area (Å²) in [7, 11) is -4.61. The molecule has 0 amide bonds. The quantitative estimate of drug-likeness (QED) is 0.0233. The second-order valence-corrected chi connectivity index (χ2v) is 18.4. The van der Waals surface area contributed by atoms with Gasteiger partial charge in [0.2, 0.25) is 0 Å². The highest BCUT2D eigenvalue weighted by Crippen LogP contribution is 2.43. The predicted molar refractivity (Wildman–Crippen MR) is 245 cm³/mol. The fourth-order valence-electron chi connectivity index (χ4n) is 7.19. The van der Waals surface area contributed by atoms with Crippen molar-refractivity contribution in [2.24, 2.45) is 5.73 Å². The van der Waals surface area contributed by atoms with E-state index in [1.54, 1.807) is 0 Å². The van der Waals surface area contributed by atoms with Crippen LogP contribution >= 0.6 is 7.82 Å². The van der Waals surface area contributed by atoms with Crippen LogP contribution in [-0.4, -0.2) is 60.5 Å². The zero-order valence-electron chi connectivity index (χ0n) is 38.4. The van der Waals surface area contributed by atoms with Gasteiger partial charge in [-0.05, 0) is 38.5 Å². The minimum atomic E-state index is -4.61. The van der Waals surface area contributed by atoms with Crippen molar-refractivity contribution < 1.29 is 42.7 Å². The maximum absolute atomic E-state index is 12.7. The number of rotatable bonds is 48. The molecule has 4 N–H and O–H groups in total. The summed E-state index contributed by atoms with van der Waals surface area (Å²) in [5.74, 6) is -1.77. The Kier molecular flexibility index (Phi) is 43.8. The highest BCUT2D eigenvalue weighted by atomic mass is 31.2. The average Bonchev–Trinajstić information content (AvgIpc) is 3.21. The highest BCUT2D eigenvalue weighted by molar-refractivity contribution is 7.47. The van der Waals surface area contributed by atoms with Gasteiger partial charge >= 0.3 is 19.8 Å². The van der Waals surface area contributed by atoms with Gasteiger partial charge in [0.25, 0.3) is 0 Å². The molecule has 0 fully saturated rings. The fraction of sp³-hybridized carbons (Fsp3) is 0.917. The van der Waals surface area contributed by atoms with Gasteiger partial charge < -0.3 is 25.2 Å². The first kappa shape index (κ1) is 57.7. The monoisotopic (exact) mass is 860 g/mol. The zero-order chi connectivity index (χ0) is 43.3. The lowest BCUT2D eigenvalue weighted by atomic mass is 10.0. The van der Waals surface area contributed by atoms with Crippen molar-refractivity contribution >= 4 is 19.8 Å². The molecular weight excluding hydrogens is 766 g/mol. The number of phosphoric acid groups is 1. The Balaban J connectivity index is 4.09. The number of unbranched alkanes of at least 4 members (excludes halogenated alkanes) is 32. The van der Waals surface area contributed by atoms with Crippen molar-refractivity contribution in [3.8, 4) is 0 Å². The lowest BCUT2D eigenvalue weighted by molar-refractivity contribution is -0.154. The van der Waals surface area contributed by atoms with Crippen LogP contribution in [-0.2, 0) is 32.7 Å². The molecule has 0 aliphatic carbocycles. The summed E-state index contributed by atoms with van der Waals surface area (Å²) in [5.41, 5.74) is 5.37. The molecule has 59 heavy (non-hydrogen) atoms. The van der Waals surface area contributed by atoms with Crippen LogP contribution < -0.4 is 5.73 Å². The normalized spacial score (nSPS) is 13.8. The van der Waals surface area contributed by atoms with Gasteiger partial charge in [-0.2, -0.15) is 0 Å². The lowest BCUT2D eigenvalue weighted by Gasteiger charge is -2.20. The van der Waals surface area contributed by atoms with Gasteiger partial charge in [-0.25, -0.2) is 4.57 Å². The van der Waals surface area contributed by atoms with Crippen LogP contribution in [0.4, 0.5) is 0 Å². The van der Waals surface area contributed by atoms with Crippen LogP contribution in [0.3, 0.4) is 0 Å². The van der Waals surface area contributed by atoms with Gasteiger partial charge in [0.15, 0.2) is 0 Å². The first-order valence-electron chi connectivity index (χ1n) is 24.7. The lowest BCUT2D eigenvalue weighted by Crippen LogP contribution is -2.34. The zero-order valence-corrected chi connectivity index (χ0v) is 39.3. The SMILES string of the molecule is CCCCCCCCCC/C=C\CCCCCCCCCCCCCC(=O)OC(COCCCCCCCCCCCCCCCC)COP(=O)(O)OCC(N)C(=O)O. The number of aliphatic carboxylic acids is 1. The molecule has 3 unspecified atom stereocenters. The maximum Gasteiger partial charge on any atom is 0.472 e. The number of allylic oxidation sites excluding steroid dienone is 2. The summed E-state index contributed by atoms with van der Waals surface area (Å²) < 4.78 is 33.4. The Labute approximate surface area is 362 Å². The molecule has 0 aromatic carbocycles. The number of esters is 1. The number of carboxylic acids is 1. The first-order chi connectivity index (χ1) is 28.7. The van der Waals surface area contributed by atoms with Crippen LogP contribution in [0, 0.1) is 0 Å². The van der Waals surface area contributed by atoms with Crippen LogP contribution in [0.2, 0.25) is 0 Å². The number of carbonyl (C=O) groups is 2. The molecule has 0 aromatic heterocycles. The van der Waals surface area contributed by atoms with Gasteiger partial charge in [0, 0.05) is 13.0 Å². The summed E-state index contributed by atoms with van der Waals surface area (Å²) in [5, 5.41) is 8.91. The molecule has 11 heteroatoms. The third-order valence-corrected chi connectivity index (χ3v) is 12.0. The summed E-state index contributed by atoms with van der Waals surface area (Å²) in [6.07, 6.45) is 48.4. The van der Waals surface area contributed by atoms with Crippen molar-refractivity contribution in [2.75, 3.05) is 26.4 Å². The molecule has 350 valence electrons. The number of carboxylic acid groups (broad SMARTS) is 1. The van der Waals surface area contributed by atoms with E-state index < -0.39 is 45.1 Å². The van der Waals surface area contributed by atoms with Crippen LogP contribution in [0.5, 0.6) is 0 Å². The van der Waals surface area contributed by atoms with Crippen LogP contribution in [0.15, 0.2) is 12.2 Å². The molecule has 0 aliphatic rings.